The predicted molar refractivity (Wildman–Crippen MR) is 65.6 cm³/mol. The molecule has 1 rings (SSSR count). The smallest absolute Gasteiger partial charge is 0.244 e. The van der Waals surface area contributed by atoms with Crippen molar-refractivity contribution in [1.82, 2.24) is 4.72 Å². The van der Waals surface area contributed by atoms with Gasteiger partial charge in [-0.3, -0.25) is 0 Å². The minimum absolute atomic E-state index is 0.0453. The van der Waals surface area contributed by atoms with Gasteiger partial charge in [0.15, 0.2) is 0 Å². The van der Waals surface area contributed by atoms with Crippen LogP contribution >= 0.6 is 15.9 Å². The summed E-state index contributed by atoms with van der Waals surface area (Å²) in [5, 5.41) is 8.55. The highest BCUT2D eigenvalue weighted by molar-refractivity contribution is 9.10. The van der Waals surface area contributed by atoms with Crippen LogP contribution in [0.5, 0.6) is 0 Å². The molecule has 0 spiro atoms. The van der Waals surface area contributed by atoms with Gasteiger partial charge >= 0.3 is 0 Å². The highest BCUT2D eigenvalue weighted by Crippen LogP contribution is 2.25. The molecule has 0 aliphatic rings. The van der Waals surface area contributed by atoms with Crippen molar-refractivity contribution in [2.45, 2.75) is 17.7 Å². The Balaban J connectivity index is 2.92. The number of aliphatic hydroxyl groups excluding tert-OH is 1. The molecule has 0 amide bonds. The summed E-state index contributed by atoms with van der Waals surface area (Å²) in [6.45, 7) is 0.0302. The Hall–Kier alpha value is -0.570. The maximum Gasteiger partial charge on any atom is 0.244 e. The van der Waals surface area contributed by atoms with Gasteiger partial charge < -0.3 is 5.11 Å². The van der Waals surface area contributed by atoms with Gasteiger partial charge in [0.2, 0.25) is 10.0 Å². The number of halogens is 3. The van der Waals surface area contributed by atoms with Gasteiger partial charge in [-0.1, -0.05) is 0 Å². The summed E-state index contributed by atoms with van der Waals surface area (Å²) in [6, 6.07) is 1.39. The summed E-state index contributed by atoms with van der Waals surface area (Å²) in [5.74, 6) is -2.02. The topological polar surface area (TPSA) is 66.4 Å². The molecule has 0 heterocycles. The molecule has 0 aromatic heterocycles. The first-order chi connectivity index (χ1) is 8.38. The van der Waals surface area contributed by atoms with E-state index in [4.69, 9.17) is 5.11 Å². The van der Waals surface area contributed by atoms with Gasteiger partial charge in [0.25, 0.3) is 0 Å². The van der Waals surface area contributed by atoms with Gasteiger partial charge in [0, 0.05) is 23.7 Å². The first-order valence-corrected chi connectivity index (χ1v) is 7.41. The maximum absolute atomic E-state index is 13.5. The minimum Gasteiger partial charge on any atom is -0.396 e. The third kappa shape index (κ3) is 3.98. The van der Waals surface area contributed by atoms with Crippen LogP contribution in [-0.4, -0.2) is 26.7 Å². The molecule has 18 heavy (non-hydrogen) atoms. The molecular formula is C10H12BrF2NO3S. The van der Waals surface area contributed by atoms with Crippen LogP contribution in [0.1, 0.15) is 12.8 Å². The Morgan fingerprint density at radius 2 is 1.94 bits per heavy atom. The van der Waals surface area contributed by atoms with Crippen LogP contribution in [0.3, 0.4) is 0 Å². The van der Waals surface area contributed by atoms with E-state index in [2.05, 4.69) is 20.7 Å². The van der Waals surface area contributed by atoms with Crippen molar-refractivity contribution < 1.29 is 22.3 Å². The van der Waals surface area contributed by atoms with Crippen molar-refractivity contribution in [2.75, 3.05) is 13.2 Å². The van der Waals surface area contributed by atoms with Gasteiger partial charge in [0.1, 0.15) is 16.5 Å². The largest absolute Gasteiger partial charge is 0.396 e. The van der Waals surface area contributed by atoms with Crippen LogP contribution in [0.15, 0.2) is 21.5 Å². The zero-order valence-electron chi connectivity index (χ0n) is 9.29. The lowest BCUT2D eigenvalue weighted by Gasteiger charge is -2.09. The second-order valence-electron chi connectivity index (χ2n) is 3.53. The van der Waals surface area contributed by atoms with Gasteiger partial charge in [0.05, 0.1) is 0 Å². The Morgan fingerprint density at radius 3 is 2.50 bits per heavy atom. The summed E-state index contributed by atoms with van der Waals surface area (Å²) in [5.41, 5.74) is 0. The SMILES string of the molecule is O=S(=O)(NCCCCO)c1c(F)cc(F)cc1Br. The Bertz CT molecular complexity index is 499. The van der Waals surface area contributed by atoms with Gasteiger partial charge in [-0.15, -0.1) is 0 Å². The molecule has 0 saturated carbocycles. The van der Waals surface area contributed by atoms with E-state index in [-0.39, 0.29) is 17.6 Å². The van der Waals surface area contributed by atoms with Crippen molar-refractivity contribution in [3.8, 4) is 0 Å². The van der Waals surface area contributed by atoms with E-state index in [0.29, 0.717) is 18.9 Å². The van der Waals surface area contributed by atoms with Gasteiger partial charge in [-0.05, 0) is 34.8 Å². The Labute approximate surface area is 112 Å². The molecule has 1 aromatic carbocycles. The van der Waals surface area contributed by atoms with Gasteiger partial charge in [-0.2, -0.15) is 0 Å². The van der Waals surface area contributed by atoms with Crippen molar-refractivity contribution in [3.05, 3.63) is 28.2 Å². The van der Waals surface area contributed by atoms with E-state index in [1.165, 1.54) is 0 Å². The molecule has 1 aromatic rings. The molecule has 2 N–H and O–H groups in total. The van der Waals surface area contributed by atoms with Crippen LogP contribution in [0.2, 0.25) is 0 Å². The fourth-order valence-electron chi connectivity index (χ4n) is 1.30. The normalized spacial score (nSPS) is 11.8. The zero-order valence-corrected chi connectivity index (χ0v) is 11.7. The second kappa shape index (κ2) is 6.55. The number of aliphatic hydroxyl groups is 1. The monoisotopic (exact) mass is 343 g/mol. The second-order valence-corrected chi connectivity index (χ2v) is 6.09. The summed E-state index contributed by atoms with van der Waals surface area (Å²) in [4.78, 5) is -0.618. The fraction of sp³-hybridized carbons (Fsp3) is 0.400. The van der Waals surface area contributed by atoms with E-state index in [1.54, 1.807) is 0 Å². The molecular weight excluding hydrogens is 332 g/mol. The molecule has 0 atom stereocenters. The molecule has 0 unspecified atom stereocenters. The fourth-order valence-corrected chi connectivity index (χ4v) is 3.54. The summed E-state index contributed by atoms with van der Waals surface area (Å²) >= 11 is 2.82. The number of sulfonamides is 1. The number of hydrogen-bond acceptors (Lipinski definition) is 3. The number of nitrogens with one attached hydrogen (secondary N) is 1. The maximum atomic E-state index is 13.5. The van der Waals surface area contributed by atoms with E-state index >= 15 is 0 Å². The quantitative estimate of drug-likeness (QED) is 0.773. The third-order valence-electron chi connectivity index (χ3n) is 2.11. The molecule has 102 valence electrons. The molecule has 0 saturated heterocycles. The molecule has 0 bridgehead atoms. The number of hydrogen-bond donors (Lipinski definition) is 2. The molecule has 0 fully saturated rings. The summed E-state index contributed by atoms with van der Waals surface area (Å²) < 4.78 is 51.9. The molecule has 0 aliphatic carbocycles. The van der Waals surface area contributed by atoms with Crippen molar-refractivity contribution in [2.24, 2.45) is 0 Å². The molecule has 0 aliphatic heterocycles. The van der Waals surface area contributed by atoms with E-state index in [1.807, 2.05) is 0 Å². The first kappa shape index (κ1) is 15.5. The van der Waals surface area contributed by atoms with Crippen LogP contribution in [0.25, 0.3) is 0 Å². The lowest BCUT2D eigenvalue weighted by molar-refractivity contribution is 0.285. The van der Waals surface area contributed by atoms with Crippen molar-refractivity contribution in [1.29, 1.82) is 0 Å². The number of unbranched alkanes of at least 4 members (excludes halogenated alkanes) is 1. The van der Waals surface area contributed by atoms with Crippen molar-refractivity contribution >= 4 is 26.0 Å². The van der Waals surface area contributed by atoms with E-state index in [0.717, 1.165) is 6.07 Å². The number of benzene rings is 1. The average molecular weight is 344 g/mol. The van der Waals surface area contributed by atoms with Gasteiger partial charge in [-0.25, -0.2) is 21.9 Å². The van der Waals surface area contributed by atoms with Crippen molar-refractivity contribution in [3.63, 3.8) is 0 Å². The standard InChI is InChI=1S/C10H12BrF2NO3S/c11-8-5-7(12)6-9(13)10(8)18(16,17)14-3-1-2-4-15/h5-6,14-15H,1-4H2. The predicted octanol–water partition coefficient (Wildman–Crippen LogP) is 1.78. The Morgan fingerprint density at radius 1 is 1.28 bits per heavy atom. The highest BCUT2D eigenvalue weighted by atomic mass is 79.9. The van der Waals surface area contributed by atoms with Crippen LogP contribution < -0.4 is 4.72 Å². The third-order valence-corrected chi connectivity index (χ3v) is 4.53. The summed E-state index contributed by atoms with van der Waals surface area (Å²) in [7, 11) is -4.04. The van der Waals surface area contributed by atoms with E-state index < -0.39 is 26.6 Å². The van der Waals surface area contributed by atoms with Crippen LogP contribution in [0.4, 0.5) is 8.78 Å². The molecule has 8 heteroatoms. The Kier molecular flexibility index (Phi) is 5.64. The summed E-state index contributed by atoms with van der Waals surface area (Å²) in [6.07, 6.45) is 0.867. The zero-order chi connectivity index (χ0) is 13.8. The molecule has 4 nitrogen and oxygen atoms in total. The minimum atomic E-state index is -4.04. The first-order valence-electron chi connectivity index (χ1n) is 5.13. The average Bonchev–Trinajstić information content (AvgIpc) is 2.22. The molecule has 0 radical (unpaired) electrons. The number of rotatable bonds is 6. The van der Waals surface area contributed by atoms with E-state index in [9.17, 15) is 17.2 Å². The van der Waals surface area contributed by atoms with Crippen LogP contribution in [-0.2, 0) is 10.0 Å². The lowest BCUT2D eigenvalue weighted by atomic mass is 10.3. The highest BCUT2D eigenvalue weighted by Gasteiger charge is 2.23. The van der Waals surface area contributed by atoms with Crippen LogP contribution in [0, 0.1) is 11.6 Å². The lowest BCUT2D eigenvalue weighted by Crippen LogP contribution is -2.26.